The normalized spacial score (nSPS) is 9.64. The maximum absolute atomic E-state index is 4.22. The topological polar surface area (TPSA) is 24.9 Å². The lowest BCUT2D eigenvalue weighted by atomic mass is 10.2. The Morgan fingerprint density at radius 1 is 1.55 bits per heavy atom. The van der Waals surface area contributed by atoms with Gasteiger partial charge in [-0.05, 0) is 19.4 Å². The molecule has 0 amide bonds. The second-order valence-corrected chi connectivity index (χ2v) is 2.29. The van der Waals surface area contributed by atoms with Crippen LogP contribution in [0.15, 0.2) is 12.3 Å². The van der Waals surface area contributed by atoms with Crippen LogP contribution in [0.5, 0.6) is 0 Å². The highest BCUT2D eigenvalue weighted by Crippen LogP contribution is 2.10. The van der Waals surface area contributed by atoms with Crippen LogP contribution in [0.1, 0.15) is 19.5 Å². The van der Waals surface area contributed by atoms with Crippen LogP contribution in [0.25, 0.3) is 0 Å². The first-order valence-corrected chi connectivity index (χ1v) is 3.98. The molecule has 1 N–H and O–H groups in total. The summed E-state index contributed by atoms with van der Waals surface area (Å²) in [6.07, 6.45) is 2.74. The van der Waals surface area contributed by atoms with Gasteiger partial charge in [0.15, 0.2) is 0 Å². The average Bonchev–Trinajstić information content (AvgIpc) is 2.06. The zero-order valence-corrected chi connectivity index (χ0v) is 7.02. The molecule has 0 unspecified atom stereocenters. The summed E-state index contributed by atoms with van der Waals surface area (Å²) in [6, 6.07) is 4.95. The lowest BCUT2D eigenvalue weighted by molar-refractivity contribution is 1.02. The Hall–Kier alpha value is -1.05. The van der Waals surface area contributed by atoms with Gasteiger partial charge in [-0.2, -0.15) is 0 Å². The van der Waals surface area contributed by atoms with Gasteiger partial charge in [0.2, 0.25) is 0 Å². The van der Waals surface area contributed by atoms with Crippen LogP contribution in [-0.4, -0.2) is 11.5 Å². The number of hydrogen-bond donors (Lipinski definition) is 1. The minimum absolute atomic E-state index is 0.926. The molecule has 2 heteroatoms. The maximum Gasteiger partial charge on any atom is 0.0639 e. The highest BCUT2D eigenvalue weighted by atomic mass is 14.9. The largest absolute Gasteiger partial charge is 0.383 e. The summed E-state index contributed by atoms with van der Waals surface area (Å²) >= 11 is 0. The van der Waals surface area contributed by atoms with Gasteiger partial charge < -0.3 is 5.32 Å². The van der Waals surface area contributed by atoms with Gasteiger partial charge in [0.25, 0.3) is 0 Å². The Morgan fingerprint density at radius 2 is 2.36 bits per heavy atom. The number of nitrogens with one attached hydrogen (secondary N) is 1. The summed E-state index contributed by atoms with van der Waals surface area (Å²) in [4.78, 5) is 4.22. The smallest absolute Gasteiger partial charge is 0.0639 e. The molecule has 0 saturated carbocycles. The molecule has 0 aliphatic rings. The first kappa shape index (κ1) is 8.05. The molecule has 59 valence electrons. The van der Waals surface area contributed by atoms with Crippen molar-refractivity contribution < 1.29 is 0 Å². The van der Waals surface area contributed by atoms with E-state index in [2.05, 4.69) is 30.2 Å². The Kier molecular flexibility index (Phi) is 2.90. The van der Waals surface area contributed by atoms with Crippen LogP contribution in [0.2, 0.25) is 0 Å². The van der Waals surface area contributed by atoms with E-state index < -0.39 is 0 Å². The molecule has 0 atom stereocenters. The molecule has 1 rings (SSSR count). The number of rotatable bonds is 3. The molecule has 0 saturated heterocycles. The summed E-state index contributed by atoms with van der Waals surface area (Å²) in [5, 5.41) is 3.21. The predicted molar refractivity (Wildman–Crippen MR) is 46.6 cm³/mol. The van der Waals surface area contributed by atoms with E-state index in [9.17, 15) is 0 Å². The molecule has 0 spiro atoms. The van der Waals surface area contributed by atoms with E-state index in [1.807, 2.05) is 6.07 Å². The van der Waals surface area contributed by atoms with Crippen molar-refractivity contribution in [3.05, 3.63) is 24.0 Å². The summed E-state index contributed by atoms with van der Waals surface area (Å²) in [5.74, 6) is 0. The highest BCUT2D eigenvalue weighted by molar-refractivity contribution is 5.45. The van der Waals surface area contributed by atoms with Crippen molar-refractivity contribution in [1.29, 1.82) is 0 Å². The molecule has 1 heterocycles. The van der Waals surface area contributed by atoms with Crippen molar-refractivity contribution in [2.75, 3.05) is 11.9 Å². The van der Waals surface area contributed by atoms with Gasteiger partial charge in [0.05, 0.1) is 11.4 Å². The Morgan fingerprint density at radius 3 is 3.00 bits per heavy atom. The molecular weight excluding hydrogens is 136 g/mol. The molecule has 0 bridgehead atoms. The number of nitrogens with zero attached hydrogens (tertiary/aromatic N) is 1. The third kappa shape index (κ3) is 1.93. The Balaban J connectivity index is 2.83. The molecule has 1 aromatic heterocycles. The van der Waals surface area contributed by atoms with E-state index >= 15 is 0 Å². The zero-order valence-electron chi connectivity index (χ0n) is 7.02. The molecule has 0 aromatic carbocycles. The van der Waals surface area contributed by atoms with E-state index in [1.165, 1.54) is 0 Å². The maximum atomic E-state index is 4.22. The molecule has 0 aliphatic carbocycles. The van der Waals surface area contributed by atoms with Gasteiger partial charge in [0, 0.05) is 18.8 Å². The molecular formula is C9H13N2. The first-order chi connectivity index (χ1) is 5.38. The van der Waals surface area contributed by atoms with Gasteiger partial charge in [-0.25, -0.2) is 0 Å². The van der Waals surface area contributed by atoms with Gasteiger partial charge in [0.1, 0.15) is 0 Å². The van der Waals surface area contributed by atoms with E-state index in [-0.39, 0.29) is 0 Å². The molecule has 11 heavy (non-hydrogen) atoms. The van der Waals surface area contributed by atoms with Crippen molar-refractivity contribution in [2.24, 2.45) is 0 Å². The first-order valence-electron chi connectivity index (χ1n) is 3.98. The second kappa shape index (κ2) is 3.96. The molecule has 2 nitrogen and oxygen atoms in total. The number of hydrogen-bond acceptors (Lipinski definition) is 2. The number of aromatic nitrogens is 1. The third-order valence-corrected chi connectivity index (χ3v) is 1.51. The van der Waals surface area contributed by atoms with Crippen molar-refractivity contribution in [3.8, 4) is 0 Å². The fraction of sp³-hybridized carbons (Fsp3) is 0.444. The van der Waals surface area contributed by atoms with Crippen LogP contribution in [0, 0.1) is 6.07 Å². The van der Waals surface area contributed by atoms with Crippen LogP contribution in [0.3, 0.4) is 0 Å². The molecule has 1 aromatic rings. The Labute approximate surface area is 67.7 Å². The minimum atomic E-state index is 0.926. The van der Waals surface area contributed by atoms with Crippen LogP contribution in [0.4, 0.5) is 5.69 Å². The fourth-order valence-electron chi connectivity index (χ4n) is 0.994. The van der Waals surface area contributed by atoms with Crippen molar-refractivity contribution in [1.82, 2.24) is 4.98 Å². The van der Waals surface area contributed by atoms with E-state index in [0.717, 1.165) is 24.3 Å². The summed E-state index contributed by atoms with van der Waals surface area (Å²) in [6.45, 7) is 5.09. The quantitative estimate of drug-likeness (QED) is 0.709. The minimum Gasteiger partial charge on any atom is -0.383 e. The summed E-state index contributed by atoms with van der Waals surface area (Å²) < 4.78 is 0. The standard InChI is InChI=1S/C9H13N2/c1-3-8-9(10-4-2)6-5-7-11-8/h5,7,10H,3-4H2,1-2H3. The van der Waals surface area contributed by atoms with Crippen LogP contribution in [-0.2, 0) is 6.42 Å². The van der Waals surface area contributed by atoms with Gasteiger partial charge in [-0.1, -0.05) is 6.92 Å². The molecule has 1 radical (unpaired) electrons. The molecule has 0 fully saturated rings. The van der Waals surface area contributed by atoms with E-state index in [1.54, 1.807) is 6.20 Å². The number of aryl methyl sites for hydroxylation is 1. The van der Waals surface area contributed by atoms with Crippen molar-refractivity contribution in [2.45, 2.75) is 20.3 Å². The average molecular weight is 149 g/mol. The highest BCUT2D eigenvalue weighted by Gasteiger charge is 1.97. The fourth-order valence-corrected chi connectivity index (χ4v) is 0.994. The second-order valence-electron chi connectivity index (χ2n) is 2.29. The number of anilines is 1. The third-order valence-electron chi connectivity index (χ3n) is 1.51. The number of pyridine rings is 1. The summed E-state index contributed by atoms with van der Waals surface area (Å²) in [5.41, 5.74) is 2.13. The monoisotopic (exact) mass is 149 g/mol. The van der Waals surface area contributed by atoms with Crippen molar-refractivity contribution >= 4 is 5.69 Å². The van der Waals surface area contributed by atoms with E-state index in [0.29, 0.717) is 0 Å². The lowest BCUT2D eigenvalue weighted by Crippen LogP contribution is -2.01. The van der Waals surface area contributed by atoms with Gasteiger partial charge in [-0.15, -0.1) is 0 Å². The van der Waals surface area contributed by atoms with Crippen molar-refractivity contribution in [3.63, 3.8) is 0 Å². The lowest BCUT2D eigenvalue weighted by Gasteiger charge is -2.05. The Bertz CT molecular complexity index is 221. The summed E-state index contributed by atoms with van der Waals surface area (Å²) in [7, 11) is 0. The SMILES string of the molecule is CCNc1[c]ccnc1CC. The van der Waals surface area contributed by atoms with Gasteiger partial charge >= 0.3 is 0 Å². The molecule has 0 aliphatic heterocycles. The predicted octanol–water partition coefficient (Wildman–Crippen LogP) is 1.88. The van der Waals surface area contributed by atoms with E-state index in [4.69, 9.17) is 0 Å². The zero-order chi connectivity index (χ0) is 8.10. The van der Waals surface area contributed by atoms with Crippen LogP contribution < -0.4 is 5.32 Å². The van der Waals surface area contributed by atoms with Crippen LogP contribution >= 0.6 is 0 Å². The van der Waals surface area contributed by atoms with Gasteiger partial charge in [-0.3, -0.25) is 4.98 Å².